The number of rotatable bonds is 4. The molecule has 0 fully saturated rings. The molecule has 0 spiro atoms. The highest BCUT2D eigenvalue weighted by atomic mass is 32.1. The zero-order valence-electron chi connectivity index (χ0n) is 15.0. The van der Waals surface area contributed by atoms with Crippen LogP contribution in [0.2, 0.25) is 0 Å². The van der Waals surface area contributed by atoms with Crippen molar-refractivity contribution >= 4 is 53.1 Å². The summed E-state index contributed by atoms with van der Waals surface area (Å²) in [6.45, 7) is 0. The van der Waals surface area contributed by atoms with E-state index in [0.717, 1.165) is 16.8 Å². The Kier molecular flexibility index (Phi) is 4.69. The second kappa shape index (κ2) is 7.19. The third-order valence-corrected chi connectivity index (χ3v) is 5.73. The van der Waals surface area contributed by atoms with E-state index in [-0.39, 0.29) is 17.2 Å². The van der Waals surface area contributed by atoms with Crippen LogP contribution < -0.4 is 4.74 Å². The minimum absolute atomic E-state index is 0.126. The number of hydrogen-bond acceptors (Lipinski definition) is 7. The van der Waals surface area contributed by atoms with Gasteiger partial charge in [-0.15, -0.1) is 11.3 Å². The normalized spacial score (nSPS) is 13.6. The average Bonchev–Trinajstić information content (AvgIpc) is 3.22. The summed E-state index contributed by atoms with van der Waals surface area (Å²) in [5.41, 5.74) is 2.51. The summed E-state index contributed by atoms with van der Waals surface area (Å²) in [7, 11) is 1.58. The maximum atomic E-state index is 11.3. The Morgan fingerprint density at radius 3 is 2.76 bits per heavy atom. The Labute approximate surface area is 174 Å². The predicted octanol–water partition coefficient (Wildman–Crippen LogP) is 4.64. The fourth-order valence-electron chi connectivity index (χ4n) is 2.99. The third kappa shape index (κ3) is 3.30. The molecule has 7 nitrogen and oxygen atoms in total. The van der Waals surface area contributed by atoms with Crippen molar-refractivity contribution in [3.63, 3.8) is 0 Å². The largest absolute Gasteiger partial charge is 0.507 e. The molecule has 2 heterocycles. The van der Waals surface area contributed by atoms with Gasteiger partial charge >= 0.3 is 5.97 Å². The summed E-state index contributed by atoms with van der Waals surface area (Å²) in [5.74, 6) is -1.07. The number of methoxy groups -OCH3 is 1. The molecular formula is C20H14N2O5S2. The van der Waals surface area contributed by atoms with Crippen LogP contribution in [0.25, 0.3) is 17.3 Å². The first-order valence-corrected chi connectivity index (χ1v) is 9.57. The molecule has 146 valence electrons. The van der Waals surface area contributed by atoms with Gasteiger partial charge in [0.1, 0.15) is 17.1 Å². The van der Waals surface area contributed by atoms with Crippen LogP contribution >= 0.6 is 23.6 Å². The number of carboxylic acids is 1. The average molecular weight is 426 g/mol. The highest BCUT2D eigenvalue weighted by molar-refractivity contribution is 7.73. The van der Waals surface area contributed by atoms with Crippen LogP contribution in [-0.2, 0) is 0 Å². The standard InChI is InChI=1S/C20H14N2O5S2/c1-27-12-3-4-15-13(8-12)10(9-21-15)6-17-18(24)22(20(28)29-17)11-2-5-16(23)14(7-11)19(25)26/h2-9,23-24H,1H3,(H,25,26)/b10-6+. The molecular weight excluding hydrogens is 412 g/mol. The molecule has 1 aromatic heterocycles. The van der Waals surface area contributed by atoms with Crippen LogP contribution in [0.5, 0.6) is 17.4 Å². The number of fused-ring (bicyclic) bond motifs is 1. The van der Waals surface area contributed by atoms with Gasteiger partial charge in [0, 0.05) is 17.4 Å². The van der Waals surface area contributed by atoms with E-state index in [4.69, 9.17) is 17.0 Å². The molecule has 0 saturated carbocycles. The Morgan fingerprint density at radius 1 is 1.24 bits per heavy atom. The van der Waals surface area contributed by atoms with E-state index in [9.17, 15) is 20.1 Å². The van der Waals surface area contributed by atoms with E-state index in [2.05, 4.69) is 4.99 Å². The van der Waals surface area contributed by atoms with Gasteiger partial charge in [-0.3, -0.25) is 9.56 Å². The number of aromatic carboxylic acids is 1. The number of nitrogens with zero attached hydrogens (tertiary/aromatic N) is 2. The summed E-state index contributed by atoms with van der Waals surface area (Å²) >= 11 is 6.55. The van der Waals surface area contributed by atoms with Crippen molar-refractivity contribution in [3.05, 3.63) is 56.4 Å². The third-order valence-electron chi connectivity index (χ3n) is 4.42. The summed E-state index contributed by atoms with van der Waals surface area (Å²) in [4.78, 5) is 16.1. The van der Waals surface area contributed by atoms with Crippen molar-refractivity contribution in [2.75, 3.05) is 7.11 Å². The molecule has 1 aliphatic heterocycles. The highest BCUT2D eigenvalue weighted by Crippen LogP contribution is 2.38. The molecule has 0 aliphatic carbocycles. The smallest absolute Gasteiger partial charge is 0.339 e. The lowest BCUT2D eigenvalue weighted by Crippen LogP contribution is -2.00. The van der Waals surface area contributed by atoms with Crippen molar-refractivity contribution in [1.82, 2.24) is 4.57 Å². The highest BCUT2D eigenvalue weighted by Gasteiger charge is 2.18. The van der Waals surface area contributed by atoms with Gasteiger partial charge in [-0.1, -0.05) is 0 Å². The first-order chi connectivity index (χ1) is 13.9. The lowest BCUT2D eigenvalue weighted by Gasteiger charge is -2.07. The van der Waals surface area contributed by atoms with Gasteiger partial charge in [0.15, 0.2) is 3.95 Å². The maximum Gasteiger partial charge on any atom is 0.339 e. The zero-order valence-corrected chi connectivity index (χ0v) is 16.6. The van der Waals surface area contributed by atoms with E-state index < -0.39 is 5.97 Å². The predicted molar refractivity (Wildman–Crippen MR) is 114 cm³/mol. The quantitative estimate of drug-likeness (QED) is 0.525. The molecule has 3 aromatic rings. The Hall–Kier alpha value is -3.43. The molecule has 9 heteroatoms. The molecule has 0 radical (unpaired) electrons. The Bertz CT molecular complexity index is 1270. The Balaban J connectivity index is 1.80. The number of benzene rings is 2. The van der Waals surface area contributed by atoms with E-state index in [0.29, 0.717) is 20.3 Å². The number of carboxylic acid groups (broad SMARTS) is 1. The SMILES string of the molecule is COc1ccc2c(c1)/C(=C/c1sc(=S)n(-c3ccc(O)c(C(=O)O)c3)c1O)C=N2. The molecule has 3 N–H and O–H groups in total. The molecule has 0 saturated heterocycles. The summed E-state index contributed by atoms with van der Waals surface area (Å²) < 4.78 is 6.95. The van der Waals surface area contributed by atoms with Crippen LogP contribution in [0.3, 0.4) is 0 Å². The molecule has 1 aliphatic rings. The van der Waals surface area contributed by atoms with Crippen LogP contribution in [0.4, 0.5) is 5.69 Å². The van der Waals surface area contributed by atoms with Gasteiger partial charge in [0.25, 0.3) is 0 Å². The molecule has 2 aromatic carbocycles. The van der Waals surface area contributed by atoms with Gasteiger partial charge in [0.05, 0.1) is 23.4 Å². The van der Waals surface area contributed by atoms with E-state index >= 15 is 0 Å². The van der Waals surface area contributed by atoms with Crippen molar-refractivity contribution < 1.29 is 24.9 Å². The zero-order chi connectivity index (χ0) is 20.7. The summed E-state index contributed by atoms with van der Waals surface area (Å²) in [6.07, 6.45) is 3.46. The second-order valence-electron chi connectivity index (χ2n) is 6.14. The molecule has 0 unspecified atom stereocenters. The number of aromatic nitrogens is 1. The van der Waals surface area contributed by atoms with E-state index in [1.54, 1.807) is 19.4 Å². The first kappa shape index (κ1) is 18.9. The first-order valence-electron chi connectivity index (χ1n) is 8.34. The lowest BCUT2D eigenvalue weighted by molar-refractivity contribution is 0.0693. The van der Waals surface area contributed by atoms with Crippen LogP contribution in [0, 0.1) is 3.95 Å². The molecule has 0 amide bonds. The summed E-state index contributed by atoms with van der Waals surface area (Å²) in [6, 6.07) is 9.53. The van der Waals surface area contributed by atoms with Crippen LogP contribution in [0.1, 0.15) is 20.8 Å². The minimum atomic E-state index is -1.28. The minimum Gasteiger partial charge on any atom is -0.507 e. The van der Waals surface area contributed by atoms with Crippen LogP contribution in [-0.4, -0.2) is 39.2 Å². The molecule has 0 bridgehead atoms. The molecule has 4 rings (SSSR count). The maximum absolute atomic E-state index is 11.3. The number of aliphatic imine (C=N–C) groups is 1. The monoisotopic (exact) mass is 426 g/mol. The fraction of sp³-hybridized carbons (Fsp3) is 0.0500. The second-order valence-corrected chi connectivity index (χ2v) is 7.81. The number of hydrogen-bond donors (Lipinski definition) is 3. The van der Waals surface area contributed by atoms with Gasteiger partial charge in [-0.2, -0.15) is 0 Å². The van der Waals surface area contributed by atoms with Crippen molar-refractivity contribution in [3.8, 4) is 23.1 Å². The van der Waals surface area contributed by atoms with Crippen molar-refractivity contribution in [2.45, 2.75) is 0 Å². The van der Waals surface area contributed by atoms with Gasteiger partial charge in [-0.25, -0.2) is 4.79 Å². The van der Waals surface area contributed by atoms with Crippen molar-refractivity contribution in [1.29, 1.82) is 0 Å². The van der Waals surface area contributed by atoms with Crippen molar-refractivity contribution in [2.24, 2.45) is 4.99 Å². The van der Waals surface area contributed by atoms with Gasteiger partial charge in [0.2, 0.25) is 5.88 Å². The number of aromatic hydroxyl groups is 2. The number of thiazole rings is 1. The molecule has 0 atom stereocenters. The number of allylic oxidation sites excluding steroid dienone is 1. The Morgan fingerprint density at radius 2 is 2.03 bits per heavy atom. The molecule has 29 heavy (non-hydrogen) atoms. The van der Waals surface area contributed by atoms with Crippen LogP contribution in [0.15, 0.2) is 41.4 Å². The topological polar surface area (TPSA) is 104 Å². The lowest BCUT2D eigenvalue weighted by atomic mass is 10.1. The van der Waals surface area contributed by atoms with E-state index in [1.165, 1.54) is 34.1 Å². The van der Waals surface area contributed by atoms with Gasteiger partial charge < -0.3 is 20.1 Å². The number of phenols is 1. The number of ether oxygens (including phenoxy) is 1. The fourth-order valence-corrected chi connectivity index (χ4v) is 4.29. The summed E-state index contributed by atoms with van der Waals surface area (Å²) in [5, 5.41) is 29.7. The number of carbonyl (C=O) groups is 1. The van der Waals surface area contributed by atoms with E-state index in [1.807, 2.05) is 18.2 Å². The van der Waals surface area contributed by atoms with Gasteiger partial charge in [-0.05, 0) is 54.7 Å².